The molecular formula is C20H29IN6O2. The van der Waals surface area contributed by atoms with Crippen LogP contribution in [0.5, 0.6) is 0 Å². The largest absolute Gasteiger partial charge is 0.444 e. The van der Waals surface area contributed by atoms with Gasteiger partial charge >= 0.3 is 6.03 Å². The molecule has 1 aliphatic heterocycles. The topological polar surface area (TPSA) is 94.8 Å². The summed E-state index contributed by atoms with van der Waals surface area (Å²) in [4.78, 5) is 22.7. The number of nitrogens with one attached hydrogen (secondary N) is 3. The lowest BCUT2D eigenvalue weighted by atomic mass is 10.2. The number of amides is 2. The van der Waals surface area contributed by atoms with Gasteiger partial charge in [-0.05, 0) is 44.4 Å². The van der Waals surface area contributed by atoms with E-state index >= 15 is 0 Å². The summed E-state index contributed by atoms with van der Waals surface area (Å²) in [5, 5.41) is 9.42. The summed E-state index contributed by atoms with van der Waals surface area (Å²) in [6, 6.07) is 7.78. The molecule has 2 heterocycles. The van der Waals surface area contributed by atoms with Gasteiger partial charge in [-0.3, -0.25) is 4.99 Å². The number of halogens is 1. The van der Waals surface area contributed by atoms with E-state index in [2.05, 4.69) is 25.9 Å². The number of likely N-dealkylation sites (tertiary alicyclic amines) is 1. The first-order valence-corrected chi connectivity index (χ1v) is 9.57. The van der Waals surface area contributed by atoms with Crippen LogP contribution in [0.4, 0.5) is 10.5 Å². The molecule has 0 saturated carbocycles. The molecule has 0 atom stereocenters. The van der Waals surface area contributed by atoms with E-state index in [4.69, 9.17) is 4.42 Å². The molecule has 9 heteroatoms. The molecule has 3 rings (SSSR count). The van der Waals surface area contributed by atoms with Crippen LogP contribution in [0.2, 0.25) is 0 Å². The second-order valence-corrected chi connectivity index (χ2v) is 6.85. The number of hydrogen-bond acceptors (Lipinski definition) is 4. The lowest BCUT2D eigenvalue weighted by Gasteiger charge is -2.17. The molecule has 1 aromatic heterocycles. The van der Waals surface area contributed by atoms with Gasteiger partial charge in [0.15, 0.2) is 5.96 Å². The minimum atomic E-state index is -0.0309. The third-order valence-corrected chi connectivity index (χ3v) is 4.73. The zero-order valence-corrected chi connectivity index (χ0v) is 19.4. The molecule has 1 aliphatic rings. The van der Waals surface area contributed by atoms with Crippen molar-refractivity contribution in [1.29, 1.82) is 0 Å². The van der Waals surface area contributed by atoms with E-state index in [0.29, 0.717) is 24.9 Å². The third-order valence-electron chi connectivity index (χ3n) is 4.73. The van der Waals surface area contributed by atoms with Crippen molar-refractivity contribution in [3.05, 3.63) is 47.2 Å². The van der Waals surface area contributed by atoms with E-state index in [1.807, 2.05) is 43.0 Å². The van der Waals surface area contributed by atoms with E-state index in [0.717, 1.165) is 48.6 Å². The van der Waals surface area contributed by atoms with E-state index in [1.54, 1.807) is 7.05 Å². The number of aliphatic imine (C=N–C) groups is 1. The van der Waals surface area contributed by atoms with Crippen LogP contribution in [0.1, 0.15) is 35.7 Å². The monoisotopic (exact) mass is 512 g/mol. The Labute approximate surface area is 188 Å². The number of carbonyl (C=O) groups is 1. The zero-order chi connectivity index (χ0) is 19.9. The number of aromatic nitrogens is 1. The number of oxazole rings is 1. The minimum Gasteiger partial charge on any atom is -0.444 e. The minimum absolute atomic E-state index is 0. The van der Waals surface area contributed by atoms with Crippen LogP contribution in [0.3, 0.4) is 0 Å². The molecule has 29 heavy (non-hydrogen) atoms. The van der Waals surface area contributed by atoms with Gasteiger partial charge in [-0.1, -0.05) is 12.1 Å². The van der Waals surface area contributed by atoms with Crippen LogP contribution in [-0.4, -0.2) is 42.0 Å². The smallest absolute Gasteiger partial charge is 0.321 e. The van der Waals surface area contributed by atoms with Gasteiger partial charge in [-0.15, -0.1) is 24.0 Å². The second-order valence-electron chi connectivity index (χ2n) is 6.85. The number of urea groups is 1. The van der Waals surface area contributed by atoms with Crippen molar-refractivity contribution in [2.45, 2.75) is 39.8 Å². The number of benzene rings is 1. The first-order valence-electron chi connectivity index (χ1n) is 9.57. The van der Waals surface area contributed by atoms with Gasteiger partial charge < -0.3 is 25.3 Å². The molecule has 1 fully saturated rings. The lowest BCUT2D eigenvalue weighted by Crippen LogP contribution is -2.36. The first-order chi connectivity index (χ1) is 13.5. The molecule has 0 aliphatic carbocycles. The Bertz CT molecular complexity index is 826. The Morgan fingerprint density at radius 1 is 1.21 bits per heavy atom. The molecule has 3 N–H and O–H groups in total. The fraction of sp³-hybridized carbons (Fsp3) is 0.450. The molecule has 1 aromatic carbocycles. The summed E-state index contributed by atoms with van der Waals surface area (Å²) in [7, 11) is 1.72. The highest BCUT2D eigenvalue weighted by atomic mass is 127. The van der Waals surface area contributed by atoms with Gasteiger partial charge in [0.25, 0.3) is 0 Å². The average molecular weight is 512 g/mol. The standard InChI is InChI=1S/C20H28N6O2.HI/c1-14-15(2)28-18(24-14)13-23-19(21-3)22-12-16-7-6-8-17(11-16)25-20(27)26-9-4-5-10-26;/h6-8,11H,4-5,9-10,12-13H2,1-3H3,(H,25,27)(H2,21,22,23);1H. The highest BCUT2D eigenvalue weighted by Gasteiger charge is 2.17. The summed E-state index contributed by atoms with van der Waals surface area (Å²) in [6.45, 7) is 6.52. The Balaban J connectivity index is 0.00000300. The SMILES string of the molecule is CN=C(NCc1cccc(NC(=O)N2CCCC2)c1)NCc1nc(C)c(C)o1.I. The van der Waals surface area contributed by atoms with Gasteiger partial charge in [-0.25, -0.2) is 9.78 Å². The number of hydrogen-bond donors (Lipinski definition) is 3. The maximum Gasteiger partial charge on any atom is 0.321 e. The highest BCUT2D eigenvalue weighted by Crippen LogP contribution is 2.14. The number of anilines is 1. The zero-order valence-electron chi connectivity index (χ0n) is 17.1. The van der Waals surface area contributed by atoms with Crippen LogP contribution < -0.4 is 16.0 Å². The fourth-order valence-corrected chi connectivity index (χ4v) is 3.06. The summed E-state index contributed by atoms with van der Waals surface area (Å²) < 4.78 is 5.57. The van der Waals surface area contributed by atoms with Crippen molar-refractivity contribution in [2.75, 3.05) is 25.5 Å². The number of carbonyl (C=O) groups excluding carboxylic acids is 1. The predicted octanol–water partition coefficient (Wildman–Crippen LogP) is 3.40. The molecule has 0 radical (unpaired) electrons. The summed E-state index contributed by atoms with van der Waals surface area (Å²) >= 11 is 0. The van der Waals surface area contributed by atoms with E-state index in [-0.39, 0.29) is 30.0 Å². The van der Waals surface area contributed by atoms with Gasteiger partial charge in [0, 0.05) is 32.4 Å². The van der Waals surface area contributed by atoms with Crippen molar-refractivity contribution in [1.82, 2.24) is 20.5 Å². The van der Waals surface area contributed by atoms with Crippen molar-refractivity contribution < 1.29 is 9.21 Å². The molecule has 2 amide bonds. The van der Waals surface area contributed by atoms with Crippen LogP contribution in [-0.2, 0) is 13.1 Å². The maximum absolute atomic E-state index is 12.2. The number of rotatable bonds is 5. The highest BCUT2D eigenvalue weighted by molar-refractivity contribution is 14.0. The van der Waals surface area contributed by atoms with Crippen LogP contribution >= 0.6 is 24.0 Å². The van der Waals surface area contributed by atoms with Crippen molar-refractivity contribution >= 4 is 41.7 Å². The molecule has 8 nitrogen and oxygen atoms in total. The van der Waals surface area contributed by atoms with Crippen LogP contribution in [0.25, 0.3) is 0 Å². The van der Waals surface area contributed by atoms with Gasteiger partial charge in [0.05, 0.1) is 12.2 Å². The molecule has 1 saturated heterocycles. The van der Waals surface area contributed by atoms with Gasteiger partial charge in [-0.2, -0.15) is 0 Å². The molecular weight excluding hydrogens is 483 g/mol. The van der Waals surface area contributed by atoms with Crippen LogP contribution in [0.15, 0.2) is 33.7 Å². The van der Waals surface area contributed by atoms with Gasteiger partial charge in [0.1, 0.15) is 5.76 Å². The van der Waals surface area contributed by atoms with E-state index in [1.165, 1.54) is 0 Å². The number of nitrogens with zero attached hydrogens (tertiary/aromatic N) is 3. The van der Waals surface area contributed by atoms with Crippen molar-refractivity contribution in [3.8, 4) is 0 Å². The summed E-state index contributed by atoms with van der Waals surface area (Å²) in [6.07, 6.45) is 2.16. The molecule has 0 unspecified atom stereocenters. The number of guanidine groups is 1. The van der Waals surface area contributed by atoms with Gasteiger partial charge in [0.2, 0.25) is 5.89 Å². The Morgan fingerprint density at radius 3 is 2.59 bits per heavy atom. The predicted molar refractivity (Wildman–Crippen MR) is 125 cm³/mol. The summed E-state index contributed by atoms with van der Waals surface area (Å²) in [5.41, 5.74) is 2.74. The van der Waals surface area contributed by atoms with E-state index < -0.39 is 0 Å². The third kappa shape index (κ3) is 6.62. The van der Waals surface area contributed by atoms with Crippen LogP contribution in [0, 0.1) is 13.8 Å². The molecule has 0 bridgehead atoms. The van der Waals surface area contributed by atoms with E-state index in [9.17, 15) is 4.79 Å². The van der Waals surface area contributed by atoms with Crippen molar-refractivity contribution in [3.63, 3.8) is 0 Å². The first kappa shape index (κ1) is 23.0. The molecule has 2 aromatic rings. The molecule has 0 spiro atoms. The molecule has 158 valence electrons. The fourth-order valence-electron chi connectivity index (χ4n) is 3.06. The second kappa shape index (κ2) is 11.0. The lowest BCUT2D eigenvalue weighted by molar-refractivity contribution is 0.222. The average Bonchev–Trinajstić information content (AvgIpc) is 3.33. The summed E-state index contributed by atoms with van der Waals surface area (Å²) in [5.74, 6) is 2.11. The quantitative estimate of drug-likeness (QED) is 0.325. The maximum atomic E-state index is 12.2. The van der Waals surface area contributed by atoms with Crippen molar-refractivity contribution in [2.24, 2.45) is 4.99 Å². The Kier molecular flexibility index (Phi) is 8.74. The Hall–Kier alpha value is -2.30. The Morgan fingerprint density at radius 2 is 1.93 bits per heavy atom. The number of aryl methyl sites for hydroxylation is 2. The normalized spacial score (nSPS) is 13.8.